The molecule has 0 unspecified atom stereocenters. The van der Waals surface area contributed by atoms with E-state index in [1.165, 1.54) is 0 Å². The number of Topliss-reactive ketones (excluding diaryl/α,β-unsaturated/α-hetero) is 1. The molecule has 2 aliphatic carbocycles. The third-order valence-corrected chi connectivity index (χ3v) is 6.44. The second-order valence-corrected chi connectivity index (χ2v) is 7.81. The Morgan fingerprint density at radius 1 is 1.50 bits per heavy atom. The van der Waals surface area contributed by atoms with Gasteiger partial charge in [0.05, 0.1) is 20.7 Å². The third kappa shape index (κ3) is 1.42. The molecule has 92 valence electrons. The maximum absolute atomic E-state index is 12.1. The van der Waals surface area contributed by atoms with E-state index in [0.29, 0.717) is 6.42 Å². The number of halogens is 1. The van der Waals surface area contributed by atoms with Crippen LogP contribution in [0.4, 0.5) is 0 Å². The summed E-state index contributed by atoms with van der Waals surface area (Å²) >= 11 is 3.33. The predicted molar refractivity (Wildman–Crippen MR) is 61.2 cm³/mol. The molecule has 4 nitrogen and oxygen atoms in total. The summed E-state index contributed by atoms with van der Waals surface area (Å²) in [7, 11) is -4.37. The fourth-order valence-electron chi connectivity index (χ4n) is 3.47. The van der Waals surface area contributed by atoms with Crippen LogP contribution in [0.5, 0.6) is 0 Å². The standard InChI is InChI=1S/C10H15BrO4S/c1-9(2)6-3-4-10(9,5-16(13,14)15)8(12)7(6)11/h6-7H,3-5H2,1-2H3,(H,13,14,15)/p-1/t6-,7-,10+/m1/s1. The lowest BCUT2D eigenvalue weighted by Crippen LogP contribution is -2.43. The van der Waals surface area contributed by atoms with Crippen LogP contribution < -0.4 is 0 Å². The molecule has 0 aromatic carbocycles. The molecule has 0 saturated heterocycles. The second kappa shape index (κ2) is 3.29. The highest BCUT2D eigenvalue weighted by molar-refractivity contribution is 9.10. The van der Waals surface area contributed by atoms with E-state index < -0.39 is 26.7 Å². The predicted octanol–water partition coefficient (Wildman–Crippen LogP) is 1.30. The molecule has 2 fully saturated rings. The summed E-state index contributed by atoms with van der Waals surface area (Å²) in [4.78, 5) is 11.8. The molecule has 0 spiro atoms. The van der Waals surface area contributed by atoms with Crippen LogP contribution in [0.1, 0.15) is 26.7 Å². The fourth-order valence-corrected chi connectivity index (χ4v) is 6.10. The quantitative estimate of drug-likeness (QED) is 0.569. The van der Waals surface area contributed by atoms with Crippen molar-refractivity contribution in [3.63, 3.8) is 0 Å². The first-order valence-electron chi connectivity index (χ1n) is 5.24. The first-order chi connectivity index (χ1) is 7.12. The monoisotopic (exact) mass is 309 g/mol. The first-order valence-corrected chi connectivity index (χ1v) is 7.73. The summed E-state index contributed by atoms with van der Waals surface area (Å²) in [5, 5.41) is 0. The average Bonchev–Trinajstić information content (AvgIpc) is 2.39. The molecule has 0 amide bonds. The van der Waals surface area contributed by atoms with Gasteiger partial charge in [0.15, 0.2) is 5.78 Å². The molecule has 2 saturated carbocycles. The zero-order valence-electron chi connectivity index (χ0n) is 9.20. The van der Waals surface area contributed by atoms with Gasteiger partial charge in [-0.05, 0) is 24.2 Å². The molecule has 0 N–H and O–H groups in total. The number of carbonyl (C=O) groups is 1. The van der Waals surface area contributed by atoms with Crippen LogP contribution in [-0.2, 0) is 14.9 Å². The van der Waals surface area contributed by atoms with E-state index >= 15 is 0 Å². The van der Waals surface area contributed by atoms with Crippen molar-refractivity contribution in [1.82, 2.24) is 0 Å². The van der Waals surface area contributed by atoms with E-state index in [4.69, 9.17) is 0 Å². The molecular weight excluding hydrogens is 296 g/mol. The second-order valence-electron chi connectivity index (χ2n) is 5.42. The molecule has 0 radical (unpaired) electrons. The van der Waals surface area contributed by atoms with Gasteiger partial charge < -0.3 is 4.55 Å². The number of hydrogen-bond acceptors (Lipinski definition) is 4. The summed E-state index contributed by atoms with van der Waals surface area (Å²) < 4.78 is 33.0. The van der Waals surface area contributed by atoms with Crippen LogP contribution in [0.3, 0.4) is 0 Å². The molecule has 0 heterocycles. The molecule has 0 aliphatic heterocycles. The van der Waals surface area contributed by atoms with Crippen LogP contribution in [0.25, 0.3) is 0 Å². The van der Waals surface area contributed by atoms with Crippen molar-refractivity contribution in [2.24, 2.45) is 16.7 Å². The van der Waals surface area contributed by atoms with Crippen molar-refractivity contribution in [1.29, 1.82) is 0 Å². The van der Waals surface area contributed by atoms with E-state index in [-0.39, 0.29) is 16.5 Å². The Morgan fingerprint density at radius 2 is 2.06 bits per heavy atom. The maximum Gasteiger partial charge on any atom is 0.154 e. The Bertz CT molecular complexity index is 442. The minimum Gasteiger partial charge on any atom is -0.748 e. The molecule has 0 aromatic rings. The van der Waals surface area contributed by atoms with Gasteiger partial charge in [-0.15, -0.1) is 0 Å². The number of fused-ring (bicyclic) bond motifs is 2. The van der Waals surface area contributed by atoms with E-state index in [0.717, 1.165) is 6.42 Å². The van der Waals surface area contributed by atoms with Gasteiger partial charge in [0.2, 0.25) is 0 Å². The number of rotatable bonds is 2. The van der Waals surface area contributed by atoms with Gasteiger partial charge in [0, 0.05) is 5.41 Å². The minimum atomic E-state index is -4.37. The normalized spacial score (nSPS) is 41.6. The van der Waals surface area contributed by atoms with Crippen LogP contribution in [0, 0.1) is 16.7 Å². The maximum atomic E-state index is 12.1. The smallest absolute Gasteiger partial charge is 0.154 e. The summed E-state index contributed by atoms with van der Waals surface area (Å²) in [6.45, 7) is 3.80. The minimum absolute atomic E-state index is 0.104. The lowest BCUT2D eigenvalue weighted by molar-refractivity contribution is -0.127. The lowest BCUT2D eigenvalue weighted by Gasteiger charge is -2.36. The average molecular weight is 310 g/mol. The highest BCUT2D eigenvalue weighted by Gasteiger charge is 2.68. The molecule has 2 aliphatic rings. The van der Waals surface area contributed by atoms with Gasteiger partial charge in [-0.3, -0.25) is 4.79 Å². The van der Waals surface area contributed by atoms with Crippen LogP contribution in [0.15, 0.2) is 0 Å². The number of carbonyl (C=O) groups excluding carboxylic acids is 1. The van der Waals surface area contributed by atoms with Gasteiger partial charge in [-0.1, -0.05) is 29.8 Å². The molecule has 6 heteroatoms. The molecule has 2 bridgehead atoms. The fraction of sp³-hybridized carbons (Fsp3) is 0.900. The lowest BCUT2D eigenvalue weighted by atomic mass is 9.70. The molecular formula is C10H14BrO4S-. The summed E-state index contributed by atoms with van der Waals surface area (Å²) in [6.07, 6.45) is 1.33. The third-order valence-electron chi connectivity index (χ3n) is 4.54. The van der Waals surface area contributed by atoms with Gasteiger partial charge in [-0.25, -0.2) is 8.42 Å². The highest BCUT2D eigenvalue weighted by Crippen LogP contribution is 2.65. The zero-order valence-corrected chi connectivity index (χ0v) is 11.6. The van der Waals surface area contributed by atoms with Crippen LogP contribution in [0.2, 0.25) is 0 Å². The SMILES string of the molecule is CC1(C)[C@@H]2CC[C@]1(CS(=O)(=O)[O-])C(=O)[C@@H]2Br. The number of ketones is 1. The molecule has 3 atom stereocenters. The molecule has 16 heavy (non-hydrogen) atoms. The van der Waals surface area contributed by atoms with E-state index in [1.807, 2.05) is 13.8 Å². The van der Waals surface area contributed by atoms with Crippen molar-refractivity contribution in [3.05, 3.63) is 0 Å². The number of hydrogen-bond donors (Lipinski definition) is 0. The summed E-state index contributed by atoms with van der Waals surface area (Å²) in [6, 6.07) is 0. The Balaban J connectivity index is 2.50. The Morgan fingerprint density at radius 3 is 2.44 bits per heavy atom. The molecule has 0 aromatic heterocycles. The van der Waals surface area contributed by atoms with Gasteiger partial charge in [-0.2, -0.15) is 0 Å². The van der Waals surface area contributed by atoms with E-state index in [1.54, 1.807) is 0 Å². The summed E-state index contributed by atoms with van der Waals surface area (Å²) in [5.74, 6) is -0.514. The Hall–Kier alpha value is 0.0600. The van der Waals surface area contributed by atoms with Crippen LogP contribution >= 0.6 is 15.9 Å². The first kappa shape index (κ1) is 12.5. The zero-order chi connectivity index (χ0) is 12.4. The van der Waals surface area contributed by atoms with Crippen molar-refractivity contribution < 1.29 is 17.8 Å². The van der Waals surface area contributed by atoms with Crippen molar-refractivity contribution in [2.45, 2.75) is 31.5 Å². The van der Waals surface area contributed by atoms with Crippen molar-refractivity contribution >= 4 is 31.8 Å². The van der Waals surface area contributed by atoms with Gasteiger partial charge >= 0.3 is 0 Å². The van der Waals surface area contributed by atoms with E-state index in [9.17, 15) is 17.8 Å². The number of alkyl halides is 1. The van der Waals surface area contributed by atoms with Gasteiger partial charge in [0.1, 0.15) is 0 Å². The Labute approximate surface area is 104 Å². The van der Waals surface area contributed by atoms with E-state index in [2.05, 4.69) is 15.9 Å². The topological polar surface area (TPSA) is 74.3 Å². The largest absolute Gasteiger partial charge is 0.748 e. The molecule has 2 rings (SSSR count). The van der Waals surface area contributed by atoms with Crippen LogP contribution in [-0.4, -0.2) is 29.3 Å². The summed E-state index contributed by atoms with van der Waals surface area (Å²) in [5.41, 5.74) is -1.37. The van der Waals surface area contributed by atoms with Crippen molar-refractivity contribution in [2.75, 3.05) is 5.75 Å². The highest BCUT2D eigenvalue weighted by atomic mass is 79.9. The van der Waals surface area contributed by atoms with Crippen molar-refractivity contribution in [3.8, 4) is 0 Å². The Kier molecular flexibility index (Phi) is 2.58. The van der Waals surface area contributed by atoms with Gasteiger partial charge in [0.25, 0.3) is 0 Å².